The Labute approximate surface area is 150 Å². The first-order valence-electron chi connectivity index (χ1n) is 9.20. The molecule has 0 N–H and O–H groups in total. The van der Waals surface area contributed by atoms with Crippen molar-refractivity contribution in [1.29, 1.82) is 0 Å². The first-order valence-corrected chi connectivity index (χ1v) is 9.20. The second-order valence-electron chi connectivity index (χ2n) is 7.39. The lowest BCUT2D eigenvalue weighted by molar-refractivity contribution is 0.125. The van der Waals surface area contributed by atoms with E-state index in [1.807, 2.05) is 41.0 Å². The molecule has 4 heteroatoms. The molecule has 1 aromatic heterocycles. The number of aromatic nitrogens is 1. The Morgan fingerprint density at radius 2 is 1.96 bits per heavy atom. The fourth-order valence-corrected chi connectivity index (χ4v) is 3.64. The largest absolute Gasteiger partial charge is 0.325 e. The zero-order valence-corrected chi connectivity index (χ0v) is 15.5. The van der Waals surface area contributed by atoms with Gasteiger partial charge in [0.05, 0.1) is 5.54 Å². The maximum Gasteiger partial charge on any atom is 0.320 e. The third-order valence-electron chi connectivity index (χ3n) is 5.26. The number of aryl methyl sites for hydroxylation is 1. The van der Waals surface area contributed by atoms with Crippen molar-refractivity contribution in [2.75, 3.05) is 19.6 Å². The summed E-state index contributed by atoms with van der Waals surface area (Å²) in [6.07, 6.45) is 6.35. The van der Waals surface area contributed by atoms with E-state index in [0.29, 0.717) is 0 Å². The van der Waals surface area contributed by atoms with Gasteiger partial charge in [-0.15, -0.1) is 0 Å². The molecular formula is C21H27N3O. The summed E-state index contributed by atoms with van der Waals surface area (Å²) >= 11 is 0. The number of rotatable bonds is 0. The molecule has 0 bridgehead atoms. The normalized spacial score (nSPS) is 21.2. The van der Waals surface area contributed by atoms with Crippen molar-refractivity contribution >= 4 is 6.03 Å². The molecule has 3 rings (SSSR count). The minimum Gasteiger partial charge on any atom is -0.325 e. The van der Waals surface area contributed by atoms with E-state index in [1.54, 1.807) is 0 Å². The van der Waals surface area contributed by atoms with Crippen molar-refractivity contribution in [3.8, 4) is 11.8 Å². The van der Waals surface area contributed by atoms with Gasteiger partial charge in [-0.3, -0.25) is 0 Å². The van der Waals surface area contributed by atoms with Crippen LogP contribution in [0.15, 0.2) is 29.8 Å². The molecule has 25 heavy (non-hydrogen) atoms. The highest BCUT2D eigenvalue weighted by Crippen LogP contribution is 2.34. The number of piperidine rings is 1. The minimum atomic E-state index is -0.275. The molecule has 2 aliphatic heterocycles. The second kappa shape index (κ2) is 7.31. The average Bonchev–Trinajstić information content (AvgIpc) is 2.90. The number of carbonyl (C=O) groups is 1. The zero-order chi connectivity index (χ0) is 17.9. The maximum absolute atomic E-state index is 12.9. The van der Waals surface area contributed by atoms with E-state index in [1.165, 1.54) is 12.0 Å². The van der Waals surface area contributed by atoms with E-state index in [9.17, 15) is 4.79 Å². The lowest BCUT2D eigenvalue weighted by Crippen LogP contribution is -2.51. The molecule has 2 fully saturated rings. The van der Waals surface area contributed by atoms with E-state index in [-0.39, 0.29) is 11.6 Å². The minimum absolute atomic E-state index is 0.182. The first kappa shape index (κ1) is 17.5. The van der Waals surface area contributed by atoms with Gasteiger partial charge >= 0.3 is 6.03 Å². The van der Waals surface area contributed by atoms with Crippen molar-refractivity contribution in [3.05, 3.63) is 41.2 Å². The van der Waals surface area contributed by atoms with E-state index >= 15 is 0 Å². The van der Waals surface area contributed by atoms with Crippen molar-refractivity contribution in [3.63, 3.8) is 0 Å². The van der Waals surface area contributed by atoms with Crippen LogP contribution in [0.1, 0.15) is 50.9 Å². The Hall–Kier alpha value is -2.28. The standard InChI is InChI=1S/C21H27N3O/c1-17-9-7-11-19(22-17)12-8-10-18-13-16-24(21(18,2)3)20(25)23-14-5-4-6-15-23/h7,9-11H,4-6,13-16H2,1-3H3/b18-10+. The van der Waals surface area contributed by atoms with Gasteiger partial charge in [-0.2, -0.15) is 0 Å². The Morgan fingerprint density at radius 3 is 2.68 bits per heavy atom. The fraction of sp³-hybridized carbons (Fsp3) is 0.524. The van der Waals surface area contributed by atoms with Gasteiger partial charge in [-0.05, 0) is 76.2 Å². The van der Waals surface area contributed by atoms with Crippen LogP contribution in [0, 0.1) is 18.8 Å². The second-order valence-corrected chi connectivity index (χ2v) is 7.39. The zero-order valence-electron chi connectivity index (χ0n) is 15.5. The molecule has 2 aliphatic rings. The lowest BCUT2D eigenvalue weighted by Gasteiger charge is -2.38. The summed E-state index contributed by atoms with van der Waals surface area (Å²) in [5.74, 6) is 6.25. The number of carbonyl (C=O) groups excluding carboxylic acids is 1. The summed E-state index contributed by atoms with van der Waals surface area (Å²) in [6.45, 7) is 8.78. The van der Waals surface area contributed by atoms with Crippen LogP contribution in [0.4, 0.5) is 4.79 Å². The Bertz CT molecular complexity index is 733. The molecule has 0 aliphatic carbocycles. The molecule has 1 aromatic rings. The molecule has 0 aromatic carbocycles. The van der Waals surface area contributed by atoms with E-state index < -0.39 is 0 Å². The number of pyridine rings is 1. The van der Waals surface area contributed by atoms with Gasteiger partial charge in [0.25, 0.3) is 0 Å². The van der Waals surface area contributed by atoms with Crippen LogP contribution >= 0.6 is 0 Å². The Kier molecular flexibility index (Phi) is 5.13. The van der Waals surface area contributed by atoms with Crippen LogP contribution in [0.3, 0.4) is 0 Å². The molecule has 0 atom stereocenters. The van der Waals surface area contributed by atoms with Gasteiger partial charge in [0.1, 0.15) is 5.69 Å². The Morgan fingerprint density at radius 1 is 1.20 bits per heavy atom. The Balaban J connectivity index is 1.73. The topological polar surface area (TPSA) is 36.4 Å². The van der Waals surface area contributed by atoms with E-state index in [4.69, 9.17) is 0 Å². The van der Waals surface area contributed by atoms with Gasteiger partial charge in [0, 0.05) is 25.3 Å². The third kappa shape index (κ3) is 3.87. The maximum atomic E-state index is 12.9. The van der Waals surface area contributed by atoms with Crippen LogP contribution in [-0.2, 0) is 0 Å². The lowest BCUT2D eigenvalue weighted by atomic mass is 9.95. The van der Waals surface area contributed by atoms with Crippen LogP contribution in [0.5, 0.6) is 0 Å². The number of hydrogen-bond acceptors (Lipinski definition) is 2. The third-order valence-corrected chi connectivity index (χ3v) is 5.26. The molecule has 3 heterocycles. The SMILES string of the molecule is Cc1cccc(C#C/C=C2\CCN(C(=O)N3CCCCC3)C2(C)C)n1. The number of allylic oxidation sites excluding steroid dienone is 1. The van der Waals surface area contributed by atoms with Crippen molar-refractivity contribution < 1.29 is 4.79 Å². The molecule has 2 saturated heterocycles. The summed E-state index contributed by atoms with van der Waals surface area (Å²) in [6, 6.07) is 6.04. The highest BCUT2D eigenvalue weighted by Gasteiger charge is 2.41. The quantitative estimate of drug-likeness (QED) is 0.676. The van der Waals surface area contributed by atoms with Gasteiger partial charge < -0.3 is 9.80 Å². The predicted octanol–water partition coefficient (Wildman–Crippen LogP) is 3.76. The van der Waals surface area contributed by atoms with Crippen molar-refractivity contribution in [2.24, 2.45) is 0 Å². The van der Waals surface area contributed by atoms with Gasteiger partial charge in [-0.1, -0.05) is 12.0 Å². The van der Waals surface area contributed by atoms with Gasteiger partial charge in [-0.25, -0.2) is 9.78 Å². The molecule has 0 spiro atoms. The van der Waals surface area contributed by atoms with Gasteiger partial charge in [0.15, 0.2) is 0 Å². The number of amides is 2. The summed E-state index contributed by atoms with van der Waals surface area (Å²) in [5.41, 5.74) is 2.70. The number of nitrogens with zero attached hydrogens (tertiary/aromatic N) is 3. The fourth-order valence-electron chi connectivity index (χ4n) is 3.64. The summed E-state index contributed by atoms with van der Waals surface area (Å²) < 4.78 is 0. The van der Waals surface area contributed by atoms with Crippen molar-refractivity contribution in [2.45, 2.75) is 52.0 Å². The number of urea groups is 1. The number of likely N-dealkylation sites (tertiary alicyclic amines) is 2. The smallest absolute Gasteiger partial charge is 0.320 e. The highest BCUT2D eigenvalue weighted by atomic mass is 16.2. The highest BCUT2D eigenvalue weighted by molar-refractivity contribution is 5.77. The molecule has 2 amide bonds. The molecular weight excluding hydrogens is 310 g/mol. The molecule has 4 nitrogen and oxygen atoms in total. The van der Waals surface area contributed by atoms with Gasteiger partial charge in [0.2, 0.25) is 0 Å². The monoisotopic (exact) mass is 337 g/mol. The average molecular weight is 337 g/mol. The molecule has 0 radical (unpaired) electrons. The summed E-state index contributed by atoms with van der Waals surface area (Å²) in [7, 11) is 0. The molecule has 0 unspecified atom stereocenters. The predicted molar refractivity (Wildman–Crippen MR) is 100 cm³/mol. The van der Waals surface area contributed by atoms with Crippen LogP contribution in [0.25, 0.3) is 0 Å². The van der Waals surface area contributed by atoms with Crippen LogP contribution in [0.2, 0.25) is 0 Å². The molecule has 0 saturated carbocycles. The van der Waals surface area contributed by atoms with Crippen LogP contribution in [-0.4, -0.2) is 46.0 Å². The summed E-state index contributed by atoms with van der Waals surface area (Å²) in [4.78, 5) is 21.3. The van der Waals surface area contributed by atoms with Crippen molar-refractivity contribution in [1.82, 2.24) is 14.8 Å². The summed E-state index contributed by atoms with van der Waals surface area (Å²) in [5, 5.41) is 0. The molecule has 132 valence electrons. The first-order chi connectivity index (χ1) is 12.0. The van der Waals surface area contributed by atoms with E-state index in [0.717, 1.165) is 50.3 Å². The van der Waals surface area contributed by atoms with E-state index in [2.05, 4.69) is 30.7 Å². The number of hydrogen-bond donors (Lipinski definition) is 0. The van der Waals surface area contributed by atoms with Crippen LogP contribution < -0.4 is 0 Å².